The van der Waals surface area contributed by atoms with Crippen LogP contribution in [0.3, 0.4) is 0 Å². The van der Waals surface area contributed by atoms with Crippen LogP contribution in [-0.4, -0.2) is 44.7 Å². The van der Waals surface area contributed by atoms with Gasteiger partial charge in [0.1, 0.15) is 0 Å². The lowest BCUT2D eigenvalue weighted by atomic mass is 10.2. The summed E-state index contributed by atoms with van der Waals surface area (Å²) in [5.41, 5.74) is 5.37. The lowest BCUT2D eigenvalue weighted by Crippen LogP contribution is -2.39. The van der Waals surface area contributed by atoms with Gasteiger partial charge in [-0.05, 0) is 6.42 Å². The summed E-state index contributed by atoms with van der Waals surface area (Å²) in [6.07, 6.45) is 0.755. The quantitative estimate of drug-likeness (QED) is 0.499. The molecule has 1 atom stereocenters. The smallest absolute Gasteiger partial charge is 0.239 e. The van der Waals surface area contributed by atoms with E-state index < -0.39 is 0 Å². The highest BCUT2D eigenvalue weighted by molar-refractivity contribution is 5.84. The molecule has 16 heavy (non-hydrogen) atoms. The third-order valence-electron chi connectivity index (χ3n) is 2.03. The molecule has 6 nitrogen and oxygen atoms in total. The number of amides is 2. The molecule has 0 saturated carbocycles. The van der Waals surface area contributed by atoms with Crippen LogP contribution in [-0.2, 0) is 14.3 Å². The van der Waals surface area contributed by atoms with Crippen molar-refractivity contribution in [2.75, 3.05) is 26.7 Å². The number of rotatable bonds is 8. The Bertz CT molecular complexity index is 217. The van der Waals surface area contributed by atoms with Crippen molar-refractivity contribution in [1.29, 1.82) is 0 Å². The third kappa shape index (κ3) is 7.19. The van der Waals surface area contributed by atoms with Gasteiger partial charge >= 0.3 is 0 Å². The van der Waals surface area contributed by atoms with Gasteiger partial charge in [0.05, 0.1) is 19.1 Å². The summed E-state index contributed by atoms with van der Waals surface area (Å²) >= 11 is 0. The normalized spacial score (nSPS) is 11.9. The summed E-state index contributed by atoms with van der Waals surface area (Å²) in [6, 6.07) is 0. The van der Waals surface area contributed by atoms with E-state index in [2.05, 4.69) is 10.6 Å². The molecule has 0 aromatic carbocycles. The number of nitrogens with two attached hydrogens (primary N) is 1. The topological polar surface area (TPSA) is 93.5 Å². The molecule has 0 heterocycles. The molecule has 0 rings (SSSR count). The maximum absolute atomic E-state index is 11.3. The standard InChI is InChI=1S/C10H21N3O3/c1-3-4-12-10(15)7-13-9(14)5-8(6-11)16-2/h8H,3-7,11H2,1-2H3,(H,12,15)(H,13,14). The van der Waals surface area contributed by atoms with E-state index in [0.29, 0.717) is 6.54 Å². The van der Waals surface area contributed by atoms with Crippen LogP contribution in [0.25, 0.3) is 0 Å². The zero-order valence-corrected chi connectivity index (χ0v) is 9.91. The molecule has 0 saturated heterocycles. The maximum Gasteiger partial charge on any atom is 0.239 e. The SMILES string of the molecule is CCCNC(=O)CNC(=O)CC(CN)OC. The Kier molecular flexibility index (Phi) is 8.46. The molecule has 0 aromatic rings. The van der Waals surface area contributed by atoms with Gasteiger partial charge in [-0.25, -0.2) is 0 Å². The van der Waals surface area contributed by atoms with Crippen LogP contribution >= 0.6 is 0 Å². The molecule has 2 amide bonds. The van der Waals surface area contributed by atoms with Crippen LogP contribution < -0.4 is 16.4 Å². The van der Waals surface area contributed by atoms with Gasteiger partial charge in [0.15, 0.2) is 0 Å². The number of hydrogen-bond acceptors (Lipinski definition) is 4. The van der Waals surface area contributed by atoms with Crippen molar-refractivity contribution in [2.45, 2.75) is 25.9 Å². The van der Waals surface area contributed by atoms with Crippen LogP contribution in [0.2, 0.25) is 0 Å². The molecule has 0 radical (unpaired) electrons. The number of carbonyl (C=O) groups excluding carboxylic acids is 2. The van der Waals surface area contributed by atoms with Crippen LogP contribution in [0.15, 0.2) is 0 Å². The molecule has 0 aliphatic rings. The van der Waals surface area contributed by atoms with Gasteiger partial charge in [0.25, 0.3) is 0 Å². The predicted octanol–water partition coefficient (Wildman–Crippen LogP) is -1.01. The fourth-order valence-electron chi connectivity index (χ4n) is 1.05. The Labute approximate surface area is 95.9 Å². The van der Waals surface area contributed by atoms with E-state index in [0.717, 1.165) is 6.42 Å². The molecule has 1 unspecified atom stereocenters. The minimum atomic E-state index is -0.293. The molecule has 0 fully saturated rings. The van der Waals surface area contributed by atoms with E-state index in [4.69, 9.17) is 10.5 Å². The van der Waals surface area contributed by atoms with Crippen LogP contribution in [0.1, 0.15) is 19.8 Å². The summed E-state index contributed by atoms with van der Waals surface area (Å²) in [5, 5.41) is 5.16. The van der Waals surface area contributed by atoms with Crippen LogP contribution in [0, 0.1) is 0 Å². The maximum atomic E-state index is 11.3. The molecular formula is C10H21N3O3. The Morgan fingerprint density at radius 1 is 1.31 bits per heavy atom. The number of methoxy groups -OCH3 is 1. The first kappa shape index (κ1) is 14.9. The van der Waals surface area contributed by atoms with Gasteiger partial charge in [0, 0.05) is 20.2 Å². The Hall–Kier alpha value is -1.14. The largest absolute Gasteiger partial charge is 0.380 e. The fourth-order valence-corrected chi connectivity index (χ4v) is 1.05. The zero-order chi connectivity index (χ0) is 12.4. The van der Waals surface area contributed by atoms with E-state index in [1.54, 1.807) is 0 Å². The van der Waals surface area contributed by atoms with Gasteiger partial charge in [-0.15, -0.1) is 0 Å². The number of ether oxygens (including phenoxy) is 1. The minimum Gasteiger partial charge on any atom is -0.380 e. The summed E-state index contributed by atoms with van der Waals surface area (Å²) < 4.78 is 4.96. The number of nitrogens with one attached hydrogen (secondary N) is 2. The van der Waals surface area contributed by atoms with Crippen molar-refractivity contribution in [3.05, 3.63) is 0 Å². The third-order valence-corrected chi connectivity index (χ3v) is 2.03. The van der Waals surface area contributed by atoms with E-state index >= 15 is 0 Å². The van der Waals surface area contributed by atoms with Gasteiger partial charge in [-0.1, -0.05) is 6.92 Å². The summed E-state index contributed by atoms with van der Waals surface area (Å²) in [4.78, 5) is 22.5. The monoisotopic (exact) mass is 231 g/mol. The van der Waals surface area contributed by atoms with Gasteiger partial charge in [-0.3, -0.25) is 9.59 Å². The lowest BCUT2D eigenvalue weighted by Gasteiger charge is -2.12. The molecule has 94 valence electrons. The first-order valence-corrected chi connectivity index (χ1v) is 5.40. The van der Waals surface area contributed by atoms with Crippen LogP contribution in [0.5, 0.6) is 0 Å². The average molecular weight is 231 g/mol. The Morgan fingerprint density at radius 2 is 2.00 bits per heavy atom. The highest BCUT2D eigenvalue weighted by Gasteiger charge is 2.11. The molecule has 0 bridgehead atoms. The lowest BCUT2D eigenvalue weighted by molar-refractivity contribution is -0.127. The fraction of sp³-hybridized carbons (Fsp3) is 0.800. The van der Waals surface area contributed by atoms with Crippen molar-refractivity contribution >= 4 is 11.8 Å². The van der Waals surface area contributed by atoms with Crippen molar-refractivity contribution in [3.8, 4) is 0 Å². The summed E-state index contributed by atoms with van der Waals surface area (Å²) in [5.74, 6) is -0.416. The van der Waals surface area contributed by atoms with E-state index in [1.807, 2.05) is 6.92 Å². The summed E-state index contributed by atoms with van der Waals surface area (Å²) in [7, 11) is 1.50. The molecular weight excluding hydrogens is 210 g/mol. The second kappa shape index (κ2) is 9.11. The number of carbonyl (C=O) groups is 2. The van der Waals surface area contributed by atoms with E-state index in [9.17, 15) is 9.59 Å². The van der Waals surface area contributed by atoms with Gasteiger partial charge < -0.3 is 21.1 Å². The van der Waals surface area contributed by atoms with E-state index in [1.165, 1.54) is 7.11 Å². The van der Waals surface area contributed by atoms with Gasteiger partial charge in [-0.2, -0.15) is 0 Å². The predicted molar refractivity (Wildman–Crippen MR) is 60.8 cm³/mol. The first-order valence-electron chi connectivity index (χ1n) is 5.40. The van der Waals surface area contributed by atoms with E-state index in [-0.39, 0.29) is 37.4 Å². The highest BCUT2D eigenvalue weighted by atomic mass is 16.5. The molecule has 0 aromatic heterocycles. The average Bonchev–Trinajstić information content (AvgIpc) is 2.30. The number of hydrogen-bond donors (Lipinski definition) is 3. The zero-order valence-electron chi connectivity index (χ0n) is 9.91. The first-order chi connectivity index (χ1) is 7.63. The molecule has 0 aliphatic carbocycles. The Balaban J connectivity index is 3.67. The minimum absolute atomic E-state index is 0.000160. The van der Waals surface area contributed by atoms with Crippen molar-refractivity contribution in [2.24, 2.45) is 5.73 Å². The molecule has 4 N–H and O–H groups in total. The molecule has 0 spiro atoms. The van der Waals surface area contributed by atoms with Crippen LogP contribution in [0.4, 0.5) is 0 Å². The van der Waals surface area contributed by atoms with Crippen molar-refractivity contribution in [1.82, 2.24) is 10.6 Å². The van der Waals surface area contributed by atoms with Crippen molar-refractivity contribution < 1.29 is 14.3 Å². The summed E-state index contributed by atoms with van der Waals surface area (Å²) in [6.45, 7) is 2.87. The van der Waals surface area contributed by atoms with Gasteiger partial charge in [0.2, 0.25) is 11.8 Å². The molecule has 6 heteroatoms. The van der Waals surface area contributed by atoms with Crippen molar-refractivity contribution in [3.63, 3.8) is 0 Å². The molecule has 0 aliphatic heterocycles. The highest BCUT2D eigenvalue weighted by Crippen LogP contribution is 1.93. The Morgan fingerprint density at radius 3 is 2.50 bits per heavy atom. The second-order valence-corrected chi connectivity index (χ2v) is 3.42. The second-order valence-electron chi connectivity index (χ2n) is 3.42.